The highest BCUT2D eigenvalue weighted by atomic mass is 16.5. The molecule has 0 fully saturated rings. The average molecular weight is 408 g/mol. The zero-order valence-electron chi connectivity index (χ0n) is 17.7. The van der Waals surface area contributed by atoms with Crippen molar-refractivity contribution in [3.05, 3.63) is 78.1 Å². The van der Waals surface area contributed by atoms with Crippen molar-refractivity contribution in [2.45, 2.75) is 25.7 Å². The third-order valence-corrected chi connectivity index (χ3v) is 4.68. The van der Waals surface area contributed by atoms with Gasteiger partial charge in [-0.3, -0.25) is 4.98 Å². The minimum Gasteiger partial charge on any atom is -0.497 e. The molecule has 0 aliphatic carbocycles. The van der Waals surface area contributed by atoms with E-state index < -0.39 is 0 Å². The number of nitrogens with zero attached hydrogens (tertiary/aromatic N) is 1. The van der Waals surface area contributed by atoms with Crippen LogP contribution in [0.25, 0.3) is 0 Å². The molecule has 1 heterocycles. The maximum Gasteiger partial charge on any atom is 0.119 e. The van der Waals surface area contributed by atoms with E-state index in [1.807, 2.05) is 48.5 Å². The smallest absolute Gasteiger partial charge is 0.119 e. The maximum atomic E-state index is 5.79. The molecule has 3 aromatic rings. The van der Waals surface area contributed by atoms with Gasteiger partial charge in [0.2, 0.25) is 0 Å². The van der Waals surface area contributed by atoms with E-state index in [0.29, 0.717) is 13.2 Å². The van der Waals surface area contributed by atoms with E-state index in [9.17, 15) is 0 Å². The highest BCUT2D eigenvalue weighted by Crippen LogP contribution is 2.18. The first-order chi connectivity index (χ1) is 14.8. The van der Waals surface area contributed by atoms with Crippen molar-refractivity contribution in [1.29, 1.82) is 0 Å². The zero-order chi connectivity index (χ0) is 21.0. The molecule has 0 amide bonds. The second-order valence-corrected chi connectivity index (χ2v) is 6.88. The van der Waals surface area contributed by atoms with E-state index in [1.54, 1.807) is 14.2 Å². The highest BCUT2D eigenvalue weighted by Gasteiger charge is 2.01. The molecule has 0 atom stereocenters. The fourth-order valence-electron chi connectivity index (χ4n) is 3.04. The summed E-state index contributed by atoms with van der Waals surface area (Å²) in [6.07, 6.45) is 3.63. The van der Waals surface area contributed by atoms with Crippen LogP contribution in [0, 0.1) is 0 Å². The fraction of sp³-hybridized carbons (Fsp3) is 0.320. The van der Waals surface area contributed by atoms with Crippen LogP contribution in [0.1, 0.15) is 24.2 Å². The van der Waals surface area contributed by atoms with Crippen molar-refractivity contribution in [3.63, 3.8) is 0 Å². The predicted molar refractivity (Wildman–Crippen MR) is 118 cm³/mol. The summed E-state index contributed by atoms with van der Waals surface area (Å²) in [4.78, 5) is 4.76. The van der Waals surface area contributed by atoms with Gasteiger partial charge in [0.15, 0.2) is 0 Å². The molecular weight excluding hydrogens is 378 g/mol. The molecule has 0 aliphatic heterocycles. The van der Waals surface area contributed by atoms with E-state index in [1.165, 1.54) is 0 Å². The van der Waals surface area contributed by atoms with E-state index >= 15 is 0 Å². The molecule has 30 heavy (non-hydrogen) atoms. The lowest BCUT2D eigenvalue weighted by molar-refractivity contribution is 0.308. The van der Waals surface area contributed by atoms with Crippen LogP contribution < -0.4 is 18.9 Å². The summed E-state index contributed by atoms with van der Waals surface area (Å²) in [7, 11) is 3.32. The van der Waals surface area contributed by atoms with Gasteiger partial charge in [-0.05, 0) is 86.3 Å². The molecule has 0 saturated carbocycles. The monoisotopic (exact) mass is 407 g/mol. The first kappa shape index (κ1) is 21.5. The van der Waals surface area contributed by atoms with Crippen LogP contribution in [0.5, 0.6) is 23.0 Å². The summed E-state index contributed by atoms with van der Waals surface area (Å²) < 4.78 is 21.9. The topological polar surface area (TPSA) is 49.8 Å². The molecule has 158 valence electrons. The molecule has 0 radical (unpaired) electrons. The minimum absolute atomic E-state index is 0.661. The molecule has 3 rings (SSSR count). The molecule has 0 saturated heterocycles. The second kappa shape index (κ2) is 11.7. The lowest BCUT2D eigenvalue weighted by atomic mass is 10.1. The number of aryl methyl sites for hydroxylation is 2. The first-order valence-corrected chi connectivity index (χ1v) is 10.3. The van der Waals surface area contributed by atoms with Gasteiger partial charge in [-0.25, -0.2) is 0 Å². The molecule has 1 aromatic heterocycles. The van der Waals surface area contributed by atoms with Crippen molar-refractivity contribution in [2.24, 2.45) is 0 Å². The number of pyridine rings is 1. The Morgan fingerprint density at radius 1 is 0.567 bits per heavy atom. The van der Waals surface area contributed by atoms with Crippen LogP contribution in [-0.4, -0.2) is 32.4 Å². The van der Waals surface area contributed by atoms with Crippen LogP contribution in [0.15, 0.2) is 66.7 Å². The van der Waals surface area contributed by atoms with Gasteiger partial charge >= 0.3 is 0 Å². The standard InChI is InChI=1S/C25H29NO4/c1-27-22-10-14-24(15-11-22)29-18-4-8-20-6-3-7-21(26-20)9-5-19-30-25-16-12-23(28-2)13-17-25/h3,6-7,10-17H,4-5,8-9,18-19H2,1-2H3. The van der Waals surface area contributed by atoms with Crippen LogP contribution in [-0.2, 0) is 12.8 Å². The molecular formula is C25H29NO4. The molecule has 0 N–H and O–H groups in total. The van der Waals surface area contributed by atoms with Gasteiger partial charge in [0.1, 0.15) is 23.0 Å². The van der Waals surface area contributed by atoms with E-state index in [4.69, 9.17) is 23.9 Å². The van der Waals surface area contributed by atoms with Crippen molar-refractivity contribution >= 4 is 0 Å². The Kier molecular flexibility index (Phi) is 8.39. The van der Waals surface area contributed by atoms with E-state index in [-0.39, 0.29) is 0 Å². The van der Waals surface area contributed by atoms with Crippen LogP contribution in [0.3, 0.4) is 0 Å². The van der Waals surface area contributed by atoms with E-state index in [2.05, 4.69) is 18.2 Å². The molecule has 0 bridgehead atoms. The number of ether oxygens (including phenoxy) is 4. The van der Waals surface area contributed by atoms with E-state index in [0.717, 1.165) is 60.1 Å². The van der Waals surface area contributed by atoms with Crippen molar-refractivity contribution in [2.75, 3.05) is 27.4 Å². The zero-order valence-corrected chi connectivity index (χ0v) is 17.7. The van der Waals surface area contributed by atoms with Crippen molar-refractivity contribution in [3.8, 4) is 23.0 Å². The quantitative estimate of drug-likeness (QED) is 0.390. The number of benzene rings is 2. The Morgan fingerprint density at radius 2 is 0.967 bits per heavy atom. The van der Waals surface area contributed by atoms with Gasteiger partial charge in [0.05, 0.1) is 27.4 Å². The SMILES string of the molecule is COc1ccc(OCCCc2cccc(CCCOc3ccc(OC)cc3)n2)cc1. The van der Waals surface area contributed by atoms with Crippen molar-refractivity contribution in [1.82, 2.24) is 4.98 Å². The lowest BCUT2D eigenvalue weighted by Gasteiger charge is -2.09. The van der Waals surface area contributed by atoms with Crippen LogP contribution >= 0.6 is 0 Å². The van der Waals surface area contributed by atoms with Gasteiger partial charge in [-0.15, -0.1) is 0 Å². The van der Waals surface area contributed by atoms with Gasteiger partial charge < -0.3 is 18.9 Å². The van der Waals surface area contributed by atoms with Gasteiger partial charge in [0.25, 0.3) is 0 Å². The lowest BCUT2D eigenvalue weighted by Crippen LogP contribution is -2.03. The van der Waals surface area contributed by atoms with Gasteiger partial charge in [0, 0.05) is 11.4 Å². The summed E-state index contributed by atoms with van der Waals surface area (Å²) in [6, 6.07) is 21.5. The van der Waals surface area contributed by atoms with Crippen LogP contribution in [0.2, 0.25) is 0 Å². The van der Waals surface area contributed by atoms with Crippen molar-refractivity contribution < 1.29 is 18.9 Å². The normalized spacial score (nSPS) is 10.5. The number of aromatic nitrogens is 1. The summed E-state index contributed by atoms with van der Waals surface area (Å²) in [5.41, 5.74) is 2.20. The minimum atomic E-state index is 0.661. The van der Waals surface area contributed by atoms with Gasteiger partial charge in [-0.1, -0.05) is 6.07 Å². The largest absolute Gasteiger partial charge is 0.497 e. The number of methoxy groups -OCH3 is 2. The fourth-order valence-corrected chi connectivity index (χ4v) is 3.04. The maximum absolute atomic E-state index is 5.79. The third-order valence-electron chi connectivity index (χ3n) is 4.68. The Morgan fingerprint density at radius 3 is 1.37 bits per heavy atom. The first-order valence-electron chi connectivity index (χ1n) is 10.3. The highest BCUT2D eigenvalue weighted by molar-refractivity contribution is 5.31. The Labute approximate surface area is 178 Å². The summed E-state index contributed by atoms with van der Waals surface area (Å²) >= 11 is 0. The van der Waals surface area contributed by atoms with Crippen LogP contribution in [0.4, 0.5) is 0 Å². The molecule has 0 spiro atoms. The predicted octanol–water partition coefficient (Wildman–Crippen LogP) is 5.12. The molecule has 5 heteroatoms. The molecule has 0 unspecified atom stereocenters. The van der Waals surface area contributed by atoms with Gasteiger partial charge in [-0.2, -0.15) is 0 Å². The Hall–Kier alpha value is -3.21. The summed E-state index contributed by atoms with van der Waals surface area (Å²) in [5.74, 6) is 3.37. The number of hydrogen-bond acceptors (Lipinski definition) is 5. The number of rotatable bonds is 12. The number of hydrogen-bond donors (Lipinski definition) is 0. The molecule has 0 aliphatic rings. The molecule has 5 nitrogen and oxygen atoms in total. The third kappa shape index (κ3) is 6.99. The summed E-state index contributed by atoms with van der Waals surface area (Å²) in [6.45, 7) is 1.32. The second-order valence-electron chi connectivity index (χ2n) is 6.88. The Bertz CT molecular complexity index is 808. The average Bonchev–Trinajstić information content (AvgIpc) is 2.81. The Balaban J connectivity index is 1.35. The summed E-state index contributed by atoms with van der Waals surface area (Å²) in [5, 5.41) is 0. The molecule has 2 aromatic carbocycles.